The molecule has 0 spiro atoms. The van der Waals surface area contributed by atoms with Gasteiger partial charge in [-0.15, -0.1) is 0 Å². The summed E-state index contributed by atoms with van der Waals surface area (Å²) in [4.78, 5) is 13.1. The Morgan fingerprint density at radius 2 is 1.83 bits per heavy atom. The van der Waals surface area contributed by atoms with Crippen LogP contribution in [0.5, 0.6) is 5.75 Å². The third kappa shape index (κ3) is 3.91. The summed E-state index contributed by atoms with van der Waals surface area (Å²) < 4.78 is 44.1. The van der Waals surface area contributed by atoms with Crippen molar-refractivity contribution < 1.29 is 17.9 Å². The highest BCUT2D eigenvalue weighted by Crippen LogP contribution is 2.26. The predicted octanol–water partition coefficient (Wildman–Crippen LogP) is 4.17. The van der Waals surface area contributed by atoms with Gasteiger partial charge in [0.15, 0.2) is 5.82 Å². The Morgan fingerprint density at radius 1 is 1.07 bits per heavy atom. The second-order valence-corrected chi connectivity index (χ2v) is 6.15. The van der Waals surface area contributed by atoms with Crippen LogP contribution in [0.3, 0.4) is 0 Å². The van der Waals surface area contributed by atoms with Gasteiger partial charge in [0.25, 0.3) is 0 Å². The molecular weight excluding hydrogens is 385 g/mol. The number of rotatable bonds is 5. The van der Waals surface area contributed by atoms with Crippen LogP contribution >= 0.6 is 0 Å². The van der Waals surface area contributed by atoms with E-state index in [2.05, 4.69) is 25.0 Å². The van der Waals surface area contributed by atoms with Crippen LogP contribution < -0.4 is 15.8 Å². The molecule has 0 amide bonds. The number of benzene rings is 1. The van der Waals surface area contributed by atoms with E-state index in [1.165, 1.54) is 30.5 Å². The van der Waals surface area contributed by atoms with E-state index in [-0.39, 0.29) is 17.4 Å². The topological polar surface area (TPSA) is 90.4 Å². The van der Waals surface area contributed by atoms with Crippen LogP contribution in [-0.4, -0.2) is 26.0 Å². The number of aromatic nitrogens is 4. The van der Waals surface area contributed by atoms with Gasteiger partial charge in [-0.1, -0.05) is 0 Å². The molecule has 0 bridgehead atoms. The maximum absolute atomic E-state index is 13.7. The molecule has 0 aliphatic heterocycles. The van der Waals surface area contributed by atoms with E-state index in [4.69, 9.17) is 5.73 Å². The van der Waals surface area contributed by atoms with Crippen LogP contribution in [0.1, 0.15) is 5.69 Å². The summed E-state index contributed by atoms with van der Waals surface area (Å²) in [5.74, 6) is 0.448. The Balaban J connectivity index is 1.69. The molecule has 0 fully saturated rings. The lowest BCUT2D eigenvalue weighted by Crippen LogP contribution is -2.04. The van der Waals surface area contributed by atoms with Crippen LogP contribution in [-0.2, 0) is 0 Å². The molecule has 0 aliphatic carbocycles. The van der Waals surface area contributed by atoms with Crippen molar-refractivity contribution in [2.75, 3.05) is 11.1 Å². The van der Waals surface area contributed by atoms with Crippen LogP contribution in [0.2, 0.25) is 0 Å². The number of hydrogen-bond donors (Lipinski definition) is 2. The summed E-state index contributed by atoms with van der Waals surface area (Å²) in [5, 5.41) is 3.03. The number of aryl methyl sites for hydroxylation is 1. The number of nitrogens with two attached hydrogens (primary N) is 1. The van der Waals surface area contributed by atoms with Crippen LogP contribution in [0.25, 0.3) is 17.2 Å². The minimum absolute atomic E-state index is 0.0387. The lowest BCUT2D eigenvalue weighted by Gasteiger charge is -2.10. The highest BCUT2D eigenvalue weighted by atomic mass is 19.3. The number of fused-ring (bicyclic) bond motifs is 1. The lowest BCUT2D eigenvalue weighted by molar-refractivity contribution is -0.0498. The Bertz CT molecular complexity index is 1180. The number of nitrogen functional groups attached to an aromatic ring is 1. The monoisotopic (exact) mass is 400 g/mol. The quantitative estimate of drug-likeness (QED) is 0.523. The molecule has 0 saturated heterocycles. The van der Waals surface area contributed by atoms with Gasteiger partial charge < -0.3 is 15.8 Å². The van der Waals surface area contributed by atoms with E-state index >= 15 is 0 Å². The second kappa shape index (κ2) is 7.30. The first-order valence-corrected chi connectivity index (χ1v) is 8.50. The number of imidazole rings is 1. The number of anilines is 3. The van der Waals surface area contributed by atoms with Gasteiger partial charge in [0.2, 0.25) is 0 Å². The zero-order valence-corrected chi connectivity index (χ0v) is 15.1. The van der Waals surface area contributed by atoms with Gasteiger partial charge >= 0.3 is 6.61 Å². The smallest absolute Gasteiger partial charge is 0.387 e. The highest BCUT2D eigenvalue weighted by molar-refractivity contribution is 5.66. The molecule has 0 unspecified atom stereocenters. The first-order valence-electron chi connectivity index (χ1n) is 8.50. The normalized spacial score (nSPS) is 11.2. The first kappa shape index (κ1) is 18.5. The SMILES string of the molecule is Cc1nc2ccc(F)cn2c1-c1nc(N)cc(Nc2ccc(OC(F)F)cc2)n1. The average Bonchev–Trinajstić information content (AvgIpc) is 2.97. The van der Waals surface area contributed by atoms with E-state index < -0.39 is 12.4 Å². The van der Waals surface area contributed by atoms with E-state index in [1.807, 2.05) is 0 Å². The summed E-state index contributed by atoms with van der Waals surface area (Å²) in [6.07, 6.45) is 1.30. The van der Waals surface area contributed by atoms with Gasteiger partial charge in [-0.2, -0.15) is 8.78 Å². The molecule has 148 valence electrons. The molecular formula is C19H15F3N6O. The molecule has 0 atom stereocenters. The van der Waals surface area contributed by atoms with Gasteiger partial charge in [-0.3, -0.25) is 4.40 Å². The van der Waals surface area contributed by atoms with Crippen molar-refractivity contribution in [1.29, 1.82) is 0 Å². The van der Waals surface area contributed by atoms with Crippen molar-refractivity contribution in [1.82, 2.24) is 19.4 Å². The van der Waals surface area contributed by atoms with Gasteiger partial charge in [0, 0.05) is 18.0 Å². The zero-order chi connectivity index (χ0) is 20.5. The molecule has 4 aromatic rings. The molecule has 4 rings (SSSR count). The number of halogens is 3. The number of nitrogens with one attached hydrogen (secondary N) is 1. The van der Waals surface area contributed by atoms with Crippen LogP contribution in [0.15, 0.2) is 48.7 Å². The summed E-state index contributed by atoms with van der Waals surface area (Å²) >= 11 is 0. The molecule has 0 aliphatic rings. The molecule has 3 aromatic heterocycles. The summed E-state index contributed by atoms with van der Waals surface area (Å²) in [5.41, 5.74) is 8.18. The molecule has 1 aromatic carbocycles. The molecule has 0 saturated carbocycles. The Labute approximate surface area is 163 Å². The number of hydrogen-bond acceptors (Lipinski definition) is 6. The van der Waals surface area contributed by atoms with Crippen LogP contribution in [0, 0.1) is 12.7 Å². The average molecular weight is 400 g/mol. The van der Waals surface area contributed by atoms with Crippen molar-refractivity contribution in [3.05, 3.63) is 60.2 Å². The Kier molecular flexibility index (Phi) is 4.67. The lowest BCUT2D eigenvalue weighted by atomic mass is 10.3. The summed E-state index contributed by atoms with van der Waals surface area (Å²) in [6, 6.07) is 10.3. The number of ether oxygens (including phenoxy) is 1. The van der Waals surface area contributed by atoms with Gasteiger partial charge in [0.1, 0.15) is 34.5 Å². The molecule has 3 heterocycles. The fraction of sp³-hybridized carbons (Fsp3) is 0.105. The molecule has 3 N–H and O–H groups in total. The summed E-state index contributed by atoms with van der Waals surface area (Å²) in [6.45, 7) is -1.13. The van der Waals surface area contributed by atoms with E-state index in [1.54, 1.807) is 29.5 Å². The van der Waals surface area contributed by atoms with Gasteiger partial charge in [-0.25, -0.2) is 19.3 Å². The van der Waals surface area contributed by atoms with Gasteiger partial charge in [-0.05, 0) is 43.3 Å². The molecule has 10 heteroatoms. The fourth-order valence-electron chi connectivity index (χ4n) is 2.91. The van der Waals surface area contributed by atoms with E-state index in [0.717, 1.165) is 0 Å². The predicted molar refractivity (Wildman–Crippen MR) is 102 cm³/mol. The number of nitrogens with zero attached hydrogens (tertiary/aromatic N) is 4. The molecule has 29 heavy (non-hydrogen) atoms. The number of alkyl halides is 2. The fourth-order valence-corrected chi connectivity index (χ4v) is 2.91. The van der Waals surface area contributed by atoms with Crippen molar-refractivity contribution >= 4 is 23.0 Å². The van der Waals surface area contributed by atoms with E-state index in [0.29, 0.717) is 28.5 Å². The first-order chi connectivity index (χ1) is 13.9. The maximum atomic E-state index is 13.7. The molecule has 0 radical (unpaired) electrons. The minimum atomic E-state index is -2.89. The van der Waals surface area contributed by atoms with Crippen molar-refractivity contribution in [2.45, 2.75) is 13.5 Å². The summed E-state index contributed by atoms with van der Waals surface area (Å²) in [7, 11) is 0. The van der Waals surface area contributed by atoms with Crippen LogP contribution in [0.4, 0.5) is 30.5 Å². The van der Waals surface area contributed by atoms with Crippen molar-refractivity contribution in [2.24, 2.45) is 0 Å². The maximum Gasteiger partial charge on any atom is 0.387 e. The minimum Gasteiger partial charge on any atom is -0.435 e. The second-order valence-electron chi connectivity index (χ2n) is 6.15. The Hall–Kier alpha value is -3.82. The van der Waals surface area contributed by atoms with Gasteiger partial charge in [0.05, 0.1) is 5.69 Å². The van der Waals surface area contributed by atoms with Crippen molar-refractivity contribution in [3.8, 4) is 17.3 Å². The Morgan fingerprint density at radius 3 is 2.55 bits per heavy atom. The largest absolute Gasteiger partial charge is 0.435 e. The van der Waals surface area contributed by atoms with E-state index in [9.17, 15) is 13.2 Å². The highest BCUT2D eigenvalue weighted by Gasteiger charge is 2.16. The standard InChI is InChI=1S/C19H15F3N6O/c1-10-17(28-9-11(20)2-7-16(28)24-10)18-26-14(23)8-15(27-18)25-12-3-5-13(6-4-12)29-19(21)22/h2-9,19H,1H3,(H3,23,25,26,27). The zero-order valence-electron chi connectivity index (χ0n) is 15.1. The molecule has 7 nitrogen and oxygen atoms in total. The third-order valence-corrected chi connectivity index (χ3v) is 4.07. The van der Waals surface area contributed by atoms with Crippen molar-refractivity contribution in [3.63, 3.8) is 0 Å². The number of pyridine rings is 1. The third-order valence-electron chi connectivity index (χ3n) is 4.07.